The van der Waals surface area contributed by atoms with Gasteiger partial charge in [0.15, 0.2) is 5.82 Å². The molecule has 23 heavy (non-hydrogen) atoms. The fraction of sp³-hybridized carbons (Fsp3) is 0.353. The summed E-state index contributed by atoms with van der Waals surface area (Å²) in [4.78, 5) is 13.8. The summed E-state index contributed by atoms with van der Waals surface area (Å²) in [7, 11) is 0. The molecule has 3 rings (SSSR count). The molecule has 1 saturated heterocycles. The van der Waals surface area contributed by atoms with Crippen molar-refractivity contribution < 1.29 is 9.90 Å². The zero-order valence-corrected chi connectivity index (χ0v) is 13.7. The number of anilines is 1. The van der Waals surface area contributed by atoms with Crippen LogP contribution in [-0.4, -0.2) is 33.9 Å². The summed E-state index contributed by atoms with van der Waals surface area (Å²) in [5.41, 5.74) is 1.82. The molecular weight excluding hydrogens is 314 g/mol. The third-order valence-electron chi connectivity index (χ3n) is 4.50. The summed E-state index contributed by atoms with van der Waals surface area (Å²) in [6, 6.07) is 11.0. The molecule has 2 aromatic rings. The van der Waals surface area contributed by atoms with Crippen LogP contribution in [0.25, 0.3) is 0 Å². The van der Waals surface area contributed by atoms with Crippen LogP contribution in [0.2, 0.25) is 5.02 Å². The molecule has 6 heteroatoms. The molecule has 1 aliphatic rings. The van der Waals surface area contributed by atoms with E-state index in [0.29, 0.717) is 17.4 Å². The average Bonchev–Trinajstić information content (AvgIpc) is 2.86. The Bertz CT molecular complexity index is 703. The molecule has 1 aromatic heterocycles. The number of nitrogens with zero attached hydrogens (tertiary/aromatic N) is 3. The highest BCUT2D eigenvalue weighted by Gasteiger charge is 2.44. The standard InChI is InChI=1S/C17H18ClN3O2/c1-10-3-8-15(20-19-10)21-9-14(16(11(21)2)17(22)23)12-4-6-13(18)7-5-12/h3-8,11,14,16H,9H2,1-2H3,(H,22,23)/t11?,14-,16+/m0/s1. The minimum atomic E-state index is -0.792. The van der Waals surface area contributed by atoms with Crippen molar-refractivity contribution >= 4 is 23.4 Å². The molecule has 1 aromatic carbocycles. The van der Waals surface area contributed by atoms with Gasteiger partial charge in [0, 0.05) is 23.5 Å². The van der Waals surface area contributed by atoms with Gasteiger partial charge in [0.05, 0.1) is 11.6 Å². The zero-order valence-electron chi connectivity index (χ0n) is 13.0. The molecule has 5 nitrogen and oxygen atoms in total. The van der Waals surface area contributed by atoms with Crippen molar-refractivity contribution in [2.24, 2.45) is 5.92 Å². The summed E-state index contributed by atoms with van der Waals surface area (Å²) < 4.78 is 0. The molecule has 0 saturated carbocycles. The van der Waals surface area contributed by atoms with Gasteiger partial charge in [-0.25, -0.2) is 0 Å². The number of carbonyl (C=O) groups is 1. The SMILES string of the molecule is Cc1ccc(N2C[C@@H](c3ccc(Cl)cc3)[C@H](C(=O)O)C2C)nn1. The Balaban J connectivity index is 1.95. The fourth-order valence-electron chi connectivity index (χ4n) is 3.27. The second-order valence-electron chi connectivity index (χ2n) is 5.95. The number of hydrogen-bond donors (Lipinski definition) is 1. The Hall–Kier alpha value is -2.14. The lowest BCUT2D eigenvalue weighted by Crippen LogP contribution is -2.33. The third-order valence-corrected chi connectivity index (χ3v) is 4.75. The van der Waals surface area contributed by atoms with Gasteiger partial charge in [0.2, 0.25) is 0 Å². The maximum atomic E-state index is 11.8. The predicted octanol–water partition coefficient (Wildman–Crippen LogP) is 3.13. The molecule has 1 aliphatic heterocycles. The van der Waals surface area contributed by atoms with Gasteiger partial charge in [-0.3, -0.25) is 4.79 Å². The van der Waals surface area contributed by atoms with E-state index in [0.717, 1.165) is 11.3 Å². The van der Waals surface area contributed by atoms with Crippen LogP contribution in [-0.2, 0) is 4.79 Å². The van der Waals surface area contributed by atoms with Crippen LogP contribution in [0.1, 0.15) is 24.1 Å². The van der Waals surface area contributed by atoms with Crippen molar-refractivity contribution in [2.45, 2.75) is 25.8 Å². The normalized spacial score (nSPS) is 24.0. The minimum absolute atomic E-state index is 0.108. The quantitative estimate of drug-likeness (QED) is 0.936. The molecule has 0 bridgehead atoms. The Morgan fingerprint density at radius 3 is 2.48 bits per heavy atom. The number of aryl methyl sites for hydroxylation is 1. The first kappa shape index (κ1) is 15.7. The predicted molar refractivity (Wildman–Crippen MR) is 88.9 cm³/mol. The monoisotopic (exact) mass is 331 g/mol. The van der Waals surface area contributed by atoms with E-state index in [9.17, 15) is 9.90 Å². The Labute approximate surface area is 139 Å². The highest BCUT2D eigenvalue weighted by atomic mass is 35.5. The molecule has 1 N–H and O–H groups in total. The molecule has 1 fully saturated rings. The second kappa shape index (κ2) is 6.16. The van der Waals surface area contributed by atoms with Crippen molar-refractivity contribution in [1.82, 2.24) is 10.2 Å². The van der Waals surface area contributed by atoms with Gasteiger partial charge >= 0.3 is 5.97 Å². The number of benzene rings is 1. The van der Waals surface area contributed by atoms with Crippen molar-refractivity contribution in [3.05, 3.63) is 52.7 Å². The largest absolute Gasteiger partial charge is 0.481 e. The topological polar surface area (TPSA) is 66.3 Å². The lowest BCUT2D eigenvalue weighted by molar-refractivity contribution is -0.142. The van der Waals surface area contributed by atoms with Crippen LogP contribution >= 0.6 is 11.6 Å². The number of aliphatic carboxylic acids is 1. The van der Waals surface area contributed by atoms with Gasteiger partial charge in [0.25, 0.3) is 0 Å². The van der Waals surface area contributed by atoms with E-state index in [-0.39, 0.29) is 12.0 Å². The molecule has 0 aliphatic carbocycles. The van der Waals surface area contributed by atoms with Gasteiger partial charge < -0.3 is 10.0 Å². The van der Waals surface area contributed by atoms with Crippen LogP contribution < -0.4 is 4.90 Å². The highest BCUT2D eigenvalue weighted by molar-refractivity contribution is 6.30. The van der Waals surface area contributed by atoms with E-state index in [2.05, 4.69) is 10.2 Å². The lowest BCUT2D eigenvalue weighted by atomic mass is 9.86. The molecule has 0 amide bonds. The molecule has 3 atom stereocenters. The smallest absolute Gasteiger partial charge is 0.309 e. The first-order valence-corrected chi connectivity index (χ1v) is 7.90. The van der Waals surface area contributed by atoms with E-state index in [1.54, 1.807) is 12.1 Å². The van der Waals surface area contributed by atoms with Crippen LogP contribution in [0.3, 0.4) is 0 Å². The number of aromatic nitrogens is 2. The first-order valence-electron chi connectivity index (χ1n) is 7.52. The van der Waals surface area contributed by atoms with Crippen LogP contribution in [0.15, 0.2) is 36.4 Å². The number of halogens is 1. The third kappa shape index (κ3) is 3.01. The summed E-state index contributed by atoms with van der Waals surface area (Å²) in [5, 5.41) is 18.6. The molecule has 0 spiro atoms. The van der Waals surface area contributed by atoms with Crippen LogP contribution in [0.4, 0.5) is 5.82 Å². The van der Waals surface area contributed by atoms with E-state index < -0.39 is 11.9 Å². The highest BCUT2D eigenvalue weighted by Crippen LogP contribution is 2.39. The summed E-state index contributed by atoms with van der Waals surface area (Å²) in [6.45, 7) is 4.40. The number of hydrogen-bond acceptors (Lipinski definition) is 4. The maximum Gasteiger partial charge on any atom is 0.309 e. The van der Waals surface area contributed by atoms with Gasteiger partial charge in [0.1, 0.15) is 0 Å². The van der Waals surface area contributed by atoms with Crippen molar-refractivity contribution in [3.8, 4) is 0 Å². The number of carboxylic acid groups (broad SMARTS) is 1. The average molecular weight is 332 g/mol. The molecular formula is C17H18ClN3O2. The number of carboxylic acids is 1. The molecule has 1 unspecified atom stereocenters. The van der Waals surface area contributed by atoms with Crippen LogP contribution in [0, 0.1) is 12.8 Å². The second-order valence-corrected chi connectivity index (χ2v) is 6.38. The van der Waals surface area contributed by atoms with E-state index in [1.807, 2.05) is 43.0 Å². The molecule has 120 valence electrons. The van der Waals surface area contributed by atoms with Gasteiger partial charge in [-0.1, -0.05) is 23.7 Å². The van der Waals surface area contributed by atoms with E-state index in [1.165, 1.54) is 0 Å². The van der Waals surface area contributed by atoms with Crippen molar-refractivity contribution in [2.75, 3.05) is 11.4 Å². The Morgan fingerprint density at radius 1 is 1.22 bits per heavy atom. The summed E-state index contributed by atoms with van der Waals surface area (Å²) in [5.74, 6) is -0.687. The molecule has 0 radical (unpaired) electrons. The zero-order chi connectivity index (χ0) is 16.6. The van der Waals surface area contributed by atoms with E-state index in [4.69, 9.17) is 11.6 Å². The summed E-state index contributed by atoms with van der Waals surface area (Å²) in [6.07, 6.45) is 0. The van der Waals surface area contributed by atoms with Gasteiger partial charge in [-0.05, 0) is 43.7 Å². The molecule has 2 heterocycles. The van der Waals surface area contributed by atoms with Crippen molar-refractivity contribution in [1.29, 1.82) is 0 Å². The Morgan fingerprint density at radius 2 is 1.91 bits per heavy atom. The Kier molecular flexibility index (Phi) is 4.22. The first-order chi connectivity index (χ1) is 11.0. The van der Waals surface area contributed by atoms with Crippen molar-refractivity contribution in [3.63, 3.8) is 0 Å². The fourth-order valence-corrected chi connectivity index (χ4v) is 3.40. The lowest BCUT2D eigenvalue weighted by Gasteiger charge is -2.23. The van der Waals surface area contributed by atoms with Gasteiger partial charge in [-0.2, -0.15) is 5.10 Å². The minimum Gasteiger partial charge on any atom is -0.481 e. The summed E-state index contributed by atoms with van der Waals surface area (Å²) >= 11 is 5.94. The number of rotatable bonds is 3. The van der Waals surface area contributed by atoms with Crippen LogP contribution in [0.5, 0.6) is 0 Å². The van der Waals surface area contributed by atoms with E-state index >= 15 is 0 Å². The maximum absolute atomic E-state index is 11.8. The van der Waals surface area contributed by atoms with Gasteiger partial charge in [-0.15, -0.1) is 5.10 Å².